The zero-order chi connectivity index (χ0) is 24.3. The van der Waals surface area contributed by atoms with Gasteiger partial charge in [0.1, 0.15) is 11.3 Å². The first-order chi connectivity index (χ1) is 14.7. The molecule has 1 N–H and O–H groups in total. The number of hydrogen-bond donors (Lipinski definition) is 1. The van der Waals surface area contributed by atoms with E-state index >= 15 is 0 Å². The number of benzene rings is 2. The Hall–Kier alpha value is -2.51. The molecule has 0 spiro atoms. The normalized spacial score (nSPS) is 13.3. The van der Waals surface area contributed by atoms with Crippen LogP contribution in [0.4, 0.5) is 13.2 Å². The van der Waals surface area contributed by atoms with Crippen molar-refractivity contribution >= 4 is 40.5 Å². The summed E-state index contributed by atoms with van der Waals surface area (Å²) in [6, 6.07) is 8.55. The van der Waals surface area contributed by atoms with Gasteiger partial charge in [0.25, 0.3) is 0 Å². The predicted octanol–water partition coefficient (Wildman–Crippen LogP) is 7.47. The molecule has 0 fully saturated rings. The van der Waals surface area contributed by atoms with Crippen LogP contribution in [0.5, 0.6) is 0 Å². The number of ether oxygens (including phenoxy) is 1. The molecule has 32 heavy (non-hydrogen) atoms. The lowest BCUT2D eigenvalue weighted by molar-refractivity contribution is -0.123. The van der Waals surface area contributed by atoms with Gasteiger partial charge in [-0.05, 0) is 80.8 Å². The summed E-state index contributed by atoms with van der Waals surface area (Å²) < 4.78 is 45.0. The van der Waals surface area contributed by atoms with Crippen molar-refractivity contribution < 1.29 is 27.9 Å². The van der Waals surface area contributed by atoms with Gasteiger partial charge in [-0.25, -0.2) is 4.79 Å². The Bertz CT molecular complexity index is 1050. The average Bonchev–Trinajstić information content (AvgIpc) is 2.61. The molecule has 0 radical (unpaired) electrons. The maximum Gasteiger partial charge on any atom is 0.393 e. The Kier molecular flexibility index (Phi) is 8.02. The van der Waals surface area contributed by atoms with Crippen molar-refractivity contribution in [3.05, 3.63) is 74.8 Å². The van der Waals surface area contributed by atoms with Gasteiger partial charge in [0.2, 0.25) is 0 Å². The second-order valence-electron chi connectivity index (χ2n) is 8.14. The quantitative estimate of drug-likeness (QED) is 0.206. The molecule has 0 saturated heterocycles. The van der Waals surface area contributed by atoms with E-state index in [4.69, 9.17) is 27.9 Å². The van der Waals surface area contributed by atoms with Crippen molar-refractivity contribution in [3.63, 3.8) is 0 Å². The summed E-state index contributed by atoms with van der Waals surface area (Å²) in [5.74, 6) is -0.536. The molecule has 0 amide bonds. The number of aryl methyl sites for hydroxylation is 1. The van der Waals surface area contributed by atoms with E-state index in [0.717, 1.165) is 6.08 Å². The van der Waals surface area contributed by atoms with Crippen molar-refractivity contribution in [1.82, 2.24) is 0 Å². The van der Waals surface area contributed by atoms with Crippen LogP contribution < -0.4 is 0 Å². The SMILES string of the molecule is Cc1cc(C(C=C(CC(F)(F)F)c2cc(Cl)cc(Cl)c2)=NO)ccc1C(=O)OC(C)(C)C. The van der Waals surface area contributed by atoms with Crippen LogP contribution in [-0.2, 0) is 4.74 Å². The lowest BCUT2D eigenvalue weighted by Crippen LogP contribution is -2.24. The molecule has 0 aliphatic rings. The second-order valence-corrected chi connectivity index (χ2v) is 9.01. The van der Waals surface area contributed by atoms with Gasteiger partial charge in [-0.2, -0.15) is 13.2 Å². The highest BCUT2D eigenvalue weighted by Gasteiger charge is 2.30. The molecule has 0 atom stereocenters. The van der Waals surface area contributed by atoms with Gasteiger partial charge in [0.15, 0.2) is 0 Å². The van der Waals surface area contributed by atoms with E-state index in [2.05, 4.69) is 5.16 Å². The number of esters is 1. The van der Waals surface area contributed by atoms with Crippen LogP contribution in [0.1, 0.15) is 54.2 Å². The molecule has 2 aromatic carbocycles. The molecule has 4 nitrogen and oxygen atoms in total. The summed E-state index contributed by atoms with van der Waals surface area (Å²) in [6.07, 6.45) is -4.72. The molecule has 0 bridgehead atoms. The van der Waals surface area contributed by atoms with Crippen molar-refractivity contribution in [2.45, 2.75) is 45.9 Å². The minimum atomic E-state index is -4.53. The zero-order valence-electron chi connectivity index (χ0n) is 17.8. The molecular formula is C23H22Cl2F3NO3. The molecular weight excluding hydrogens is 466 g/mol. The number of halogens is 5. The number of allylic oxidation sites excluding steroid dienone is 2. The van der Waals surface area contributed by atoms with Gasteiger partial charge in [-0.1, -0.05) is 34.4 Å². The summed E-state index contributed by atoms with van der Waals surface area (Å²) in [5, 5.41) is 13.0. The third-order valence-corrected chi connectivity index (χ3v) is 4.62. The van der Waals surface area contributed by atoms with E-state index in [0.29, 0.717) is 16.7 Å². The van der Waals surface area contributed by atoms with Crippen LogP contribution in [0.3, 0.4) is 0 Å². The van der Waals surface area contributed by atoms with E-state index in [9.17, 15) is 23.2 Å². The Morgan fingerprint density at radius 3 is 2.12 bits per heavy atom. The fourth-order valence-electron chi connectivity index (χ4n) is 2.91. The fourth-order valence-corrected chi connectivity index (χ4v) is 3.44. The van der Waals surface area contributed by atoms with Gasteiger partial charge < -0.3 is 9.94 Å². The number of carbonyl (C=O) groups excluding carboxylic acids is 1. The second kappa shape index (κ2) is 9.96. The highest BCUT2D eigenvalue weighted by Crippen LogP contribution is 2.33. The van der Waals surface area contributed by atoms with Gasteiger partial charge in [-0.15, -0.1) is 0 Å². The number of nitrogens with zero attached hydrogens (tertiary/aromatic N) is 1. The standard InChI is InChI=1S/C23H22Cl2F3NO3/c1-13-7-14(5-6-19(13)21(30)32-22(2,3)4)20(29-31)10-16(12-23(26,27)28)15-8-17(24)11-18(25)9-15/h5-11,31H,12H2,1-4H3. The maximum atomic E-state index is 13.2. The highest BCUT2D eigenvalue weighted by molar-refractivity contribution is 6.35. The third kappa shape index (κ3) is 7.57. The van der Waals surface area contributed by atoms with Crippen LogP contribution in [0.25, 0.3) is 5.57 Å². The minimum Gasteiger partial charge on any atom is -0.456 e. The van der Waals surface area contributed by atoms with Crippen molar-refractivity contribution in [3.8, 4) is 0 Å². The molecule has 0 aliphatic carbocycles. The van der Waals surface area contributed by atoms with Gasteiger partial charge in [0, 0.05) is 15.6 Å². The summed E-state index contributed by atoms with van der Waals surface area (Å²) in [7, 11) is 0. The summed E-state index contributed by atoms with van der Waals surface area (Å²) in [5.41, 5.74) is 0.250. The van der Waals surface area contributed by atoms with Crippen LogP contribution in [0.2, 0.25) is 10.0 Å². The van der Waals surface area contributed by atoms with Crippen molar-refractivity contribution in [1.29, 1.82) is 0 Å². The van der Waals surface area contributed by atoms with Gasteiger partial charge in [-0.3, -0.25) is 0 Å². The maximum absolute atomic E-state index is 13.2. The number of rotatable bonds is 5. The number of alkyl halides is 3. The largest absolute Gasteiger partial charge is 0.456 e. The summed E-state index contributed by atoms with van der Waals surface area (Å²) in [4.78, 5) is 12.4. The minimum absolute atomic E-state index is 0.126. The first kappa shape index (κ1) is 25.7. The number of oxime groups is 1. The Morgan fingerprint density at radius 2 is 1.66 bits per heavy atom. The van der Waals surface area contributed by atoms with Crippen LogP contribution in [-0.4, -0.2) is 28.7 Å². The van der Waals surface area contributed by atoms with Crippen molar-refractivity contribution in [2.24, 2.45) is 5.16 Å². The lowest BCUT2D eigenvalue weighted by atomic mass is 9.97. The monoisotopic (exact) mass is 487 g/mol. The molecule has 172 valence electrons. The summed E-state index contributed by atoms with van der Waals surface area (Å²) >= 11 is 11.9. The van der Waals surface area contributed by atoms with E-state index in [1.165, 1.54) is 36.4 Å². The van der Waals surface area contributed by atoms with Crippen LogP contribution in [0, 0.1) is 6.92 Å². The fraction of sp³-hybridized carbons (Fsp3) is 0.304. The van der Waals surface area contributed by atoms with Gasteiger partial charge >= 0.3 is 12.1 Å². The van der Waals surface area contributed by atoms with E-state index < -0.39 is 24.2 Å². The van der Waals surface area contributed by atoms with E-state index in [-0.39, 0.29) is 26.9 Å². The Morgan fingerprint density at radius 1 is 1.06 bits per heavy atom. The molecule has 9 heteroatoms. The first-order valence-electron chi connectivity index (χ1n) is 9.49. The Balaban J connectivity index is 2.50. The van der Waals surface area contributed by atoms with E-state index in [1.807, 2.05) is 0 Å². The predicted molar refractivity (Wildman–Crippen MR) is 120 cm³/mol. The summed E-state index contributed by atoms with van der Waals surface area (Å²) in [6.45, 7) is 6.86. The molecule has 0 saturated carbocycles. The average molecular weight is 488 g/mol. The number of carbonyl (C=O) groups is 1. The Labute approximate surface area is 194 Å². The molecule has 2 rings (SSSR count). The highest BCUT2D eigenvalue weighted by atomic mass is 35.5. The number of hydrogen-bond acceptors (Lipinski definition) is 4. The molecule has 0 heterocycles. The smallest absolute Gasteiger partial charge is 0.393 e. The zero-order valence-corrected chi connectivity index (χ0v) is 19.4. The lowest BCUT2D eigenvalue weighted by Gasteiger charge is -2.20. The van der Waals surface area contributed by atoms with E-state index in [1.54, 1.807) is 27.7 Å². The van der Waals surface area contributed by atoms with Crippen LogP contribution in [0.15, 0.2) is 47.6 Å². The molecule has 0 aliphatic heterocycles. The first-order valence-corrected chi connectivity index (χ1v) is 10.2. The van der Waals surface area contributed by atoms with Crippen LogP contribution >= 0.6 is 23.2 Å². The van der Waals surface area contributed by atoms with Gasteiger partial charge in [0.05, 0.1) is 12.0 Å². The van der Waals surface area contributed by atoms with Crippen molar-refractivity contribution in [2.75, 3.05) is 0 Å². The third-order valence-electron chi connectivity index (χ3n) is 4.18. The molecule has 2 aromatic rings. The molecule has 0 unspecified atom stereocenters. The topological polar surface area (TPSA) is 58.9 Å². The molecule has 0 aromatic heterocycles.